The van der Waals surface area contributed by atoms with Crippen LogP contribution in [0.4, 0.5) is 13.2 Å². The van der Waals surface area contributed by atoms with E-state index < -0.39 is 18.1 Å². The van der Waals surface area contributed by atoms with Crippen molar-refractivity contribution in [2.24, 2.45) is 7.05 Å². The molecule has 3 rings (SSSR count). The first kappa shape index (κ1) is 18.9. The second-order valence-corrected chi connectivity index (χ2v) is 6.58. The first-order valence-electron chi connectivity index (χ1n) is 8.42. The number of hydrogen-bond donors (Lipinski definition) is 1. The molecule has 0 bridgehead atoms. The van der Waals surface area contributed by atoms with Gasteiger partial charge in [0.15, 0.2) is 0 Å². The summed E-state index contributed by atoms with van der Waals surface area (Å²) < 4.78 is 39.9. The molecule has 1 N–H and O–H groups in total. The quantitative estimate of drug-likeness (QED) is 0.866. The number of hydrogen-bond acceptors (Lipinski definition) is 3. The minimum Gasteiger partial charge on any atom is -0.341 e. The van der Waals surface area contributed by atoms with Gasteiger partial charge in [-0.15, -0.1) is 0 Å². The van der Waals surface area contributed by atoms with Gasteiger partial charge in [0.05, 0.1) is 12.0 Å². The SMILES string of the molecule is CC(NC(=O)c1cccc2c1CN(CCc1cn(C)cn1)C2=O)C(F)(F)F. The molecule has 0 radical (unpaired) electrons. The maximum atomic E-state index is 12.7. The fourth-order valence-electron chi connectivity index (χ4n) is 2.99. The lowest BCUT2D eigenvalue weighted by Gasteiger charge is -2.18. The predicted octanol–water partition coefficient (Wildman–Crippen LogP) is 2.30. The average Bonchev–Trinajstić information content (AvgIpc) is 3.15. The molecule has 1 aliphatic rings. The Labute approximate surface area is 154 Å². The Morgan fingerprint density at radius 2 is 2.11 bits per heavy atom. The number of aryl methyl sites for hydroxylation is 1. The van der Waals surface area contributed by atoms with Gasteiger partial charge in [-0.1, -0.05) is 6.07 Å². The molecule has 1 aromatic heterocycles. The normalized spacial score (nSPS) is 15.0. The molecular formula is C18H19F3N4O2. The Morgan fingerprint density at radius 1 is 1.37 bits per heavy atom. The number of nitrogens with one attached hydrogen (secondary N) is 1. The van der Waals surface area contributed by atoms with Crippen LogP contribution in [0.15, 0.2) is 30.7 Å². The van der Waals surface area contributed by atoms with Crippen molar-refractivity contribution in [1.29, 1.82) is 0 Å². The van der Waals surface area contributed by atoms with Gasteiger partial charge in [-0.2, -0.15) is 13.2 Å². The molecule has 0 saturated carbocycles. The zero-order valence-electron chi connectivity index (χ0n) is 14.9. The molecule has 1 aromatic carbocycles. The summed E-state index contributed by atoms with van der Waals surface area (Å²) in [6, 6.07) is 2.56. The fourth-order valence-corrected chi connectivity index (χ4v) is 2.99. The molecule has 6 nitrogen and oxygen atoms in total. The number of fused-ring (bicyclic) bond motifs is 1. The molecule has 2 heterocycles. The van der Waals surface area contributed by atoms with Crippen LogP contribution in [0.2, 0.25) is 0 Å². The summed E-state index contributed by atoms with van der Waals surface area (Å²) >= 11 is 0. The highest BCUT2D eigenvalue weighted by Crippen LogP contribution is 2.27. The zero-order valence-corrected chi connectivity index (χ0v) is 14.9. The molecule has 1 unspecified atom stereocenters. The summed E-state index contributed by atoms with van der Waals surface area (Å²) in [7, 11) is 1.85. The van der Waals surface area contributed by atoms with E-state index >= 15 is 0 Å². The van der Waals surface area contributed by atoms with E-state index in [1.54, 1.807) is 21.9 Å². The molecule has 0 aliphatic carbocycles. The Bertz CT molecular complexity index is 876. The largest absolute Gasteiger partial charge is 0.408 e. The Balaban J connectivity index is 1.74. The van der Waals surface area contributed by atoms with Crippen LogP contribution >= 0.6 is 0 Å². The number of amides is 2. The van der Waals surface area contributed by atoms with Crippen molar-refractivity contribution in [1.82, 2.24) is 19.8 Å². The number of aromatic nitrogens is 2. The number of halogens is 3. The van der Waals surface area contributed by atoms with E-state index in [0.29, 0.717) is 24.1 Å². The van der Waals surface area contributed by atoms with Gasteiger partial charge in [0.25, 0.3) is 11.8 Å². The summed E-state index contributed by atoms with van der Waals surface area (Å²) in [5.74, 6) is -1.07. The van der Waals surface area contributed by atoms with Crippen LogP contribution in [0.1, 0.15) is 38.9 Å². The second kappa shape index (κ2) is 7.05. The molecular weight excluding hydrogens is 361 g/mol. The third-order valence-electron chi connectivity index (χ3n) is 4.52. The van der Waals surface area contributed by atoms with Gasteiger partial charge in [0.2, 0.25) is 0 Å². The van der Waals surface area contributed by atoms with Crippen molar-refractivity contribution in [2.45, 2.75) is 32.1 Å². The molecule has 1 aliphatic heterocycles. The predicted molar refractivity (Wildman–Crippen MR) is 91.1 cm³/mol. The summed E-state index contributed by atoms with van der Waals surface area (Å²) in [6.07, 6.45) is -0.462. The van der Waals surface area contributed by atoms with E-state index in [2.05, 4.69) is 4.98 Å². The van der Waals surface area contributed by atoms with E-state index in [4.69, 9.17) is 0 Å². The molecule has 0 saturated heterocycles. The summed E-state index contributed by atoms with van der Waals surface area (Å²) in [6.45, 7) is 1.47. The molecule has 0 spiro atoms. The van der Waals surface area contributed by atoms with Gasteiger partial charge in [-0.25, -0.2) is 4.98 Å². The number of carbonyl (C=O) groups is 2. The van der Waals surface area contributed by atoms with Crippen LogP contribution in [0.3, 0.4) is 0 Å². The number of imidazole rings is 1. The third kappa shape index (κ3) is 3.96. The number of nitrogens with zero attached hydrogens (tertiary/aromatic N) is 3. The van der Waals surface area contributed by atoms with Crippen molar-refractivity contribution < 1.29 is 22.8 Å². The molecule has 2 aromatic rings. The van der Waals surface area contributed by atoms with Gasteiger partial charge in [0.1, 0.15) is 6.04 Å². The van der Waals surface area contributed by atoms with Gasteiger partial charge < -0.3 is 14.8 Å². The van der Waals surface area contributed by atoms with E-state index in [9.17, 15) is 22.8 Å². The zero-order chi connectivity index (χ0) is 19.8. The average molecular weight is 380 g/mol. The molecule has 9 heteroatoms. The number of rotatable bonds is 5. The van der Waals surface area contributed by atoms with E-state index in [-0.39, 0.29) is 18.0 Å². The maximum absolute atomic E-state index is 12.7. The van der Waals surface area contributed by atoms with Crippen LogP contribution in [-0.2, 0) is 20.0 Å². The Hall–Kier alpha value is -2.84. The van der Waals surface area contributed by atoms with Crippen molar-refractivity contribution in [2.75, 3.05) is 6.54 Å². The fraction of sp³-hybridized carbons (Fsp3) is 0.389. The topological polar surface area (TPSA) is 67.2 Å². The summed E-state index contributed by atoms with van der Waals surface area (Å²) in [5, 5.41) is 1.95. The molecule has 2 amide bonds. The summed E-state index contributed by atoms with van der Waals surface area (Å²) in [5.41, 5.74) is 1.73. The Morgan fingerprint density at radius 3 is 2.74 bits per heavy atom. The van der Waals surface area contributed by atoms with Crippen molar-refractivity contribution in [3.8, 4) is 0 Å². The minimum atomic E-state index is -4.53. The number of alkyl halides is 3. The first-order chi connectivity index (χ1) is 12.7. The van der Waals surface area contributed by atoms with E-state index in [1.165, 1.54) is 12.1 Å². The highest BCUT2D eigenvalue weighted by molar-refractivity contribution is 6.04. The molecule has 0 fully saturated rings. The standard InChI is InChI=1S/C18H19F3N4O2/c1-11(18(19,20)21)23-16(26)13-4-3-5-14-15(13)9-25(17(14)27)7-6-12-8-24(2)10-22-12/h3-5,8,10-11H,6-7,9H2,1-2H3,(H,23,26). The van der Waals surface area contributed by atoms with Crippen LogP contribution in [0, 0.1) is 0 Å². The van der Waals surface area contributed by atoms with Crippen LogP contribution in [-0.4, -0.2) is 45.0 Å². The lowest BCUT2D eigenvalue weighted by Crippen LogP contribution is -2.43. The molecule has 144 valence electrons. The van der Waals surface area contributed by atoms with Crippen molar-refractivity contribution >= 4 is 11.8 Å². The van der Waals surface area contributed by atoms with Crippen LogP contribution in [0.25, 0.3) is 0 Å². The smallest absolute Gasteiger partial charge is 0.341 e. The van der Waals surface area contributed by atoms with E-state index in [1.807, 2.05) is 18.6 Å². The van der Waals surface area contributed by atoms with Crippen molar-refractivity contribution in [3.63, 3.8) is 0 Å². The minimum absolute atomic E-state index is 0.0947. The van der Waals surface area contributed by atoms with Gasteiger partial charge in [-0.3, -0.25) is 9.59 Å². The van der Waals surface area contributed by atoms with Gasteiger partial charge >= 0.3 is 6.18 Å². The van der Waals surface area contributed by atoms with Crippen molar-refractivity contribution in [3.05, 3.63) is 53.1 Å². The maximum Gasteiger partial charge on any atom is 0.408 e. The van der Waals surface area contributed by atoms with Gasteiger partial charge in [-0.05, 0) is 24.6 Å². The number of benzene rings is 1. The summed E-state index contributed by atoms with van der Waals surface area (Å²) in [4.78, 5) is 30.7. The monoisotopic (exact) mass is 380 g/mol. The van der Waals surface area contributed by atoms with E-state index in [0.717, 1.165) is 12.6 Å². The first-order valence-corrected chi connectivity index (χ1v) is 8.42. The second-order valence-electron chi connectivity index (χ2n) is 6.58. The molecule has 27 heavy (non-hydrogen) atoms. The van der Waals surface area contributed by atoms with Crippen LogP contribution in [0.5, 0.6) is 0 Å². The number of carbonyl (C=O) groups excluding carboxylic acids is 2. The molecule has 1 atom stereocenters. The highest BCUT2D eigenvalue weighted by Gasteiger charge is 2.38. The lowest BCUT2D eigenvalue weighted by atomic mass is 10.0. The Kier molecular flexibility index (Phi) is 4.95. The lowest BCUT2D eigenvalue weighted by molar-refractivity contribution is -0.149. The highest BCUT2D eigenvalue weighted by atomic mass is 19.4. The van der Waals surface area contributed by atoms with Crippen LogP contribution < -0.4 is 5.32 Å². The third-order valence-corrected chi connectivity index (χ3v) is 4.52. The van der Waals surface area contributed by atoms with Gasteiger partial charge in [0, 0.05) is 43.9 Å².